The van der Waals surface area contributed by atoms with Crippen LogP contribution in [-0.4, -0.2) is 23.6 Å². The van der Waals surface area contributed by atoms with Crippen LogP contribution in [0.25, 0.3) is 17.5 Å². The molecule has 2 aromatic carbocycles. The first-order valence-electron chi connectivity index (χ1n) is 10.4. The molecule has 1 aromatic heterocycles. The number of amides is 2. The first kappa shape index (κ1) is 21.9. The number of imide groups is 1. The number of benzene rings is 2. The van der Waals surface area contributed by atoms with Crippen molar-refractivity contribution in [2.75, 3.05) is 6.61 Å². The van der Waals surface area contributed by atoms with Crippen molar-refractivity contribution >= 4 is 18.1 Å². The summed E-state index contributed by atoms with van der Waals surface area (Å²) in [6, 6.07) is 15.1. The van der Waals surface area contributed by atoms with E-state index < -0.39 is 12.0 Å². The standard InChI is InChI=1S/C25H22N2O6/c1-3-30-22-14-17(8-7-11-21-23(28)27-25(29)33-21)12-13-20(22)31-15-19-16(2)32-24(26-19)18-9-5-4-6-10-18/h4-14H,3,15H2,1-2H3,(H,27,28,29). The van der Waals surface area contributed by atoms with Crippen LogP contribution in [0.4, 0.5) is 4.79 Å². The number of aromatic nitrogens is 1. The molecule has 1 N–H and O–H groups in total. The molecule has 0 atom stereocenters. The first-order valence-corrected chi connectivity index (χ1v) is 10.4. The van der Waals surface area contributed by atoms with E-state index in [9.17, 15) is 9.59 Å². The molecule has 168 valence electrons. The van der Waals surface area contributed by atoms with E-state index in [4.69, 9.17) is 18.6 Å². The zero-order valence-corrected chi connectivity index (χ0v) is 18.2. The summed E-state index contributed by atoms with van der Waals surface area (Å²) in [5.41, 5.74) is 2.42. The monoisotopic (exact) mass is 446 g/mol. The Kier molecular flexibility index (Phi) is 6.54. The molecule has 0 spiro atoms. The Bertz CT molecular complexity index is 1230. The maximum atomic E-state index is 11.5. The molecule has 1 fully saturated rings. The van der Waals surface area contributed by atoms with Crippen molar-refractivity contribution in [1.82, 2.24) is 10.3 Å². The number of carbonyl (C=O) groups is 2. The average Bonchev–Trinajstić information content (AvgIpc) is 3.34. The number of nitrogens with one attached hydrogen (secondary N) is 1. The van der Waals surface area contributed by atoms with Crippen LogP contribution in [-0.2, 0) is 16.1 Å². The van der Waals surface area contributed by atoms with Gasteiger partial charge in [-0.15, -0.1) is 0 Å². The molecule has 2 amide bonds. The molecular weight excluding hydrogens is 424 g/mol. The van der Waals surface area contributed by atoms with Crippen molar-refractivity contribution in [3.05, 3.63) is 83.5 Å². The van der Waals surface area contributed by atoms with Crippen LogP contribution in [0.15, 0.2) is 70.9 Å². The lowest BCUT2D eigenvalue weighted by Gasteiger charge is -2.12. The van der Waals surface area contributed by atoms with Gasteiger partial charge in [-0.1, -0.05) is 36.4 Å². The number of hydrogen-bond acceptors (Lipinski definition) is 7. The molecule has 0 saturated carbocycles. The van der Waals surface area contributed by atoms with E-state index in [0.29, 0.717) is 35.5 Å². The summed E-state index contributed by atoms with van der Waals surface area (Å²) in [4.78, 5) is 27.1. The summed E-state index contributed by atoms with van der Waals surface area (Å²) >= 11 is 0. The molecule has 8 heteroatoms. The lowest BCUT2D eigenvalue weighted by Crippen LogP contribution is -2.18. The molecule has 0 bridgehead atoms. The highest BCUT2D eigenvalue weighted by atomic mass is 16.6. The number of cyclic esters (lactones) is 1. The first-order chi connectivity index (χ1) is 16.0. The fourth-order valence-electron chi connectivity index (χ4n) is 3.11. The number of ether oxygens (including phenoxy) is 3. The van der Waals surface area contributed by atoms with Gasteiger partial charge < -0.3 is 18.6 Å². The second-order valence-electron chi connectivity index (χ2n) is 7.05. The van der Waals surface area contributed by atoms with Gasteiger partial charge in [-0.3, -0.25) is 10.1 Å². The molecule has 33 heavy (non-hydrogen) atoms. The third-order valence-electron chi connectivity index (χ3n) is 4.72. The number of nitrogens with zero attached hydrogens (tertiary/aromatic N) is 1. The quantitative estimate of drug-likeness (QED) is 0.497. The van der Waals surface area contributed by atoms with Gasteiger partial charge >= 0.3 is 6.09 Å². The van der Waals surface area contributed by atoms with Gasteiger partial charge in [0.25, 0.3) is 5.91 Å². The lowest BCUT2D eigenvalue weighted by atomic mass is 10.2. The number of carbonyl (C=O) groups excluding carboxylic acids is 2. The third kappa shape index (κ3) is 5.30. The van der Waals surface area contributed by atoms with Crippen LogP contribution in [0.3, 0.4) is 0 Å². The van der Waals surface area contributed by atoms with E-state index in [0.717, 1.165) is 11.1 Å². The van der Waals surface area contributed by atoms with Crippen molar-refractivity contribution in [2.45, 2.75) is 20.5 Å². The van der Waals surface area contributed by atoms with Gasteiger partial charge in [-0.2, -0.15) is 0 Å². The van der Waals surface area contributed by atoms with E-state index in [-0.39, 0.29) is 12.4 Å². The number of oxazole rings is 1. The topological polar surface area (TPSA) is 99.9 Å². The molecule has 1 aliphatic heterocycles. The Balaban J connectivity index is 1.46. The zero-order valence-electron chi connectivity index (χ0n) is 18.2. The fourth-order valence-corrected chi connectivity index (χ4v) is 3.11. The normalized spacial score (nSPS) is 14.5. The van der Waals surface area contributed by atoms with Crippen LogP contribution in [0.5, 0.6) is 11.5 Å². The Labute approximate surface area is 190 Å². The Morgan fingerprint density at radius 2 is 1.88 bits per heavy atom. The molecule has 0 radical (unpaired) electrons. The molecule has 1 saturated heterocycles. The van der Waals surface area contributed by atoms with Crippen LogP contribution in [0.1, 0.15) is 23.9 Å². The minimum Gasteiger partial charge on any atom is -0.490 e. The Morgan fingerprint density at radius 1 is 1.06 bits per heavy atom. The largest absolute Gasteiger partial charge is 0.490 e. The number of rotatable bonds is 8. The molecule has 0 unspecified atom stereocenters. The van der Waals surface area contributed by atoms with Gasteiger partial charge in [-0.25, -0.2) is 9.78 Å². The van der Waals surface area contributed by atoms with Crippen molar-refractivity contribution in [3.8, 4) is 23.0 Å². The van der Waals surface area contributed by atoms with Gasteiger partial charge in [-0.05, 0) is 49.8 Å². The SMILES string of the molecule is CCOc1cc(C=CC=C2OC(=O)NC2=O)ccc1OCc1nc(-c2ccccc2)oc1C. The second kappa shape index (κ2) is 9.86. The van der Waals surface area contributed by atoms with Crippen LogP contribution in [0.2, 0.25) is 0 Å². The molecule has 0 aliphatic carbocycles. The maximum Gasteiger partial charge on any atom is 0.419 e. The second-order valence-corrected chi connectivity index (χ2v) is 7.05. The number of hydrogen-bond donors (Lipinski definition) is 1. The van der Waals surface area contributed by atoms with Crippen molar-refractivity contribution in [2.24, 2.45) is 0 Å². The maximum absolute atomic E-state index is 11.5. The highest BCUT2D eigenvalue weighted by molar-refractivity contribution is 6.07. The minimum absolute atomic E-state index is 0.0564. The molecule has 3 aromatic rings. The van der Waals surface area contributed by atoms with Crippen LogP contribution >= 0.6 is 0 Å². The lowest BCUT2D eigenvalue weighted by molar-refractivity contribution is -0.116. The van der Waals surface area contributed by atoms with Crippen LogP contribution in [0, 0.1) is 6.92 Å². The van der Waals surface area contributed by atoms with E-state index in [1.807, 2.05) is 61.6 Å². The number of alkyl carbamates (subject to hydrolysis) is 1. The predicted octanol–water partition coefficient (Wildman–Crippen LogP) is 4.79. The van der Waals surface area contributed by atoms with E-state index in [1.54, 1.807) is 18.2 Å². The smallest absolute Gasteiger partial charge is 0.419 e. The Morgan fingerprint density at radius 3 is 2.61 bits per heavy atom. The third-order valence-corrected chi connectivity index (χ3v) is 4.72. The van der Waals surface area contributed by atoms with Crippen LogP contribution < -0.4 is 14.8 Å². The van der Waals surface area contributed by atoms with Crippen molar-refractivity contribution in [1.29, 1.82) is 0 Å². The van der Waals surface area contributed by atoms with Gasteiger partial charge in [0, 0.05) is 5.56 Å². The predicted molar refractivity (Wildman–Crippen MR) is 120 cm³/mol. The van der Waals surface area contributed by atoms with Gasteiger partial charge in [0.1, 0.15) is 18.1 Å². The average molecular weight is 446 g/mol. The number of aryl methyl sites for hydroxylation is 1. The summed E-state index contributed by atoms with van der Waals surface area (Å²) in [5.74, 6) is 1.76. The van der Waals surface area contributed by atoms with Crippen molar-refractivity contribution in [3.63, 3.8) is 0 Å². The van der Waals surface area contributed by atoms with E-state index >= 15 is 0 Å². The highest BCUT2D eigenvalue weighted by Gasteiger charge is 2.25. The highest BCUT2D eigenvalue weighted by Crippen LogP contribution is 2.30. The number of allylic oxidation sites excluding steroid dienone is 2. The van der Waals surface area contributed by atoms with Gasteiger partial charge in [0.05, 0.1) is 6.61 Å². The summed E-state index contributed by atoms with van der Waals surface area (Å²) in [5, 5.41) is 2.04. The summed E-state index contributed by atoms with van der Waals surface area (Å²) in [6.07, 6.45) is 4.01. The zero-order chi connectivity index (χ0) is 23.2. The summed E-state index contributed by atoms with van der Waals surface area (Å²) in [6.45, 7) is 4.43. The minimum atomic E-state index is -0.780. The molecule has 2 heterocycles. The summed E-state index contributed by atoms with van der Waals surface area (Å²) < 4.78 is 22.3. The summed E-state index contributed by atoms with van der Waals surface area (Å²) in [7, 11) is 0. The van der Waals surface area contributed by atoms with Crippen molar-refractivity contribution < 1.29 is 28.2 Å². The molecular formula is C25H22N2O6. The molecule has 1 aliphatic rings. The Hall–Kier alpha value is -4.33. The van der Waals surface area contributed by atoms with Gasteiger partial charge in [0.15, 0.2) is 17.3 Å². The van der Waals surface area contributed by atoms with E-state index in [2.05, 4.69) is 4.98 Å². The molecule has 8 nitrogen and oxygen atoms in total. The fraction of sp³-hybridized carbons (Fsp3) is 0.160. The molecule has 4 rings (SSSR count). The van der Waals surface area contributed by atoms with Gasteiger partial charge in [0.2, 0.25) is 5.89 Å². The van der Waals surface area contributed by atoms with E-state index in [1.165, 1.54) is 6.08 Å².